The minimum atomic E-state index is -0.137. The molecule has 2 fully saturated rings. The number of aliphatic imine (C=N–C) groups is 1. The van der Waals surface area contributed by atoms with Crippen LogP contribution in [0.3, 0.4) is 0 Å². The summed E-state index contributed by atoms with van der Waals surface area (Å²) in [5, 5.41) is 10.6. The summed E-state index contributed by atoms with van der Waals surface area (Å²) in [4.78, 5) is 28.8. The van der Waals surface area contributed by atoms with E-state index in [-0.39, 0.29) is 11.9 Å². The van der Waals surface area contributed by atoms with Crippen LogP contribution in [-0.2, 0) is 16.0 Å². The molecule has 0 bridgehead atoms. The standard InChI is InChI=1S/C23H28N8O2/c1-15-3-2-4-16(11-15)13-25-30-23-28-20-18(21(29-23)31-7-9-33-10-8-31)12-19(27-20)22(32)26-17-5-6-24-14-17/h2-4,11,13,17,24H,5-10,12,14H2,1H3,(H,26,32)(H,28,29,30)/b25-13+. The molecule has 0 radical (unpaired) electrons. The van der Waals surface area contributed by atoms with Gasteiger partial charge in [0.15, 0.2) is 5.82 Å². The number of nitrogens with zero attached hydrogens (tertiary/aromatic N) is 5. The highest BCUT2D eigenvalue weighted by atomic mass is 16.5. The fraction of sp³-hybridized carbons (Fsp3) is 0.435. The Morgan fingerprint density at radius 3 is 2.97 bits per heavy atom. The molecule has 1 aromatic carbocycles. The van der Waals surface area contributed by atoms with Crippen LogP contribution in [-0.4, -0.2) is 73.2 Å². The smallest absolute Gasteiger partial charge is 0.266 e. The van der Waals surface area contributed by atoms with E-state index in [0.717, 1.165) is 55.1 Å². The second kappa shape index (κ2) is 9.63. The third-order valence-electron chi connectivity index (χ3n) is 5.94. The van der Waals surface area contributed by atoms with E-state index in [1.165, 1.54) is 0 Å². The summed E-state index contributed by atoms with van der Waals surface area (Å²) in [7, 11) is 0. The fourth-order valence-corrected chi connectivity index (χ4v) is 4.23. The van der Waals surface area contributed by atoms with Crippen molar-refractivity contribution in [2.75, 3.05) is 49.7 Å². The zero-order valence-corrected chi connectivity index (χ0v) is 18.7. The molecule has 3 aliphatic heterocycles. The van der Waals surface area contributed by atoms with Crippen LogP contribution in [0, 0.1) is 6.92 Å². The topological polar surface area (TPSA) is 116 Å². The summed E-state index contributed by atoms with van der Waals surface area (Å²) in [6, 6.07) is 8.20. The van der Waals surface area contributed by atoms with Gasteiger partial charge >= 0.3 is 0 Å². The first-order valence-corrected chi connectivity index (χ1v) is 11.3. The number of hydrogen-bond donors (Lipinski definition) is 3. The normalized spacial score (nSPS) is 20.1. The first-order chi connectivity index (χ1) is 16.2. The molecule has 0 spiro atoms. The quantitative estimate of drug-likeness (QED) is 0.449. The molecule has 3 N–H and O–H groups in total. The fourth-order valence-electron chi connectivity index (χ4n) is 4.23. The second-order valence-corrected chi connectivity index (χ2v) is 8.45. The number of fused-ring (bicyclic) bond motifs is 1. The third kappa shape index (κ3) is 5.01. The van der Waals surface area contributed by atoms with E-state index < -0.39 is 0 Å². The molecule has 10 heteroatoms. The number of benzene rings is 1. The van der Waals surface area contributed by atoms with Gasteiger partial charge in [-0.05, 0) is 25.5 Å². The van der Waals surface area contributed by atoms with E-state index in [1.807, 2.05) is 31.2 Å². The van der Waals surface area contributed by atoms with Gasteiger partial charge in [-0.15, -0.1) is 0 Å². The first kappa shape index (κ1) is 21.5. The van der Waals surface area contributed by atoms with E-state index in [2.05, 4.69) is 36.0 Å². The average molecular weight is 449 g/mol. The molecule has 3 aliphatic rings. The molecule has 1 unspecified atom stereocenters. The number of hydrazone groups is 1. The molecule has 10 nitrogen and oxygen atoms in total. The number of anilines is 2. The maximum absolute atomic E-state index is 12.8. The van der Waals surface area contributed by atoms with E-state index in [4.69, 9.17) is 9.72 Å². The Morgan fingerprint density at radius 1 is 1.30 bits per heavy atom. The van der Waals surface area contributed by atoms with Gasteiger partial charge in [0.2, 0.25) is 5.95 Å². The zero-order chi connectivity index (χ0) is 22.6. The van der Waals surface area contributed by atoms with E-state index in [0.29, 0.717) is 37.1 Å². The summed E-state index contributed by atoms with van der Waals surface area (Å²) in [6.45, 7) is 6.47. The van der Waals surface area contributed by atoms with Crippen LogP contribution in [0.1, 0.15) is 23.1 Å². The molecule has 5 rings (SSSR count). The molecule has 1 atom stereocenters. The van der Waals surface area contributed by atoms with Crippen molar-refractivity contribution in [3.8, 4) is 0 Å². The Labute approximate surface area is 192 Å². The van der Waals surface area contributed by atoms with Crippen molar-refractivity contribution in [1.82, 2.24) is 20.6 Å². The highest BCUT2D eigenvalue weighted by Gasteiger charge is 2.30. The number of aryl methyl sites for hydroxylation is 1. The molecule has 2 saturated heterocycles. The Kier molecular flexibility index (Phi) is 6.27. The van der Waals surface area contributed by atoms with Crippen molar-refractivity contribution in [2.24, 2.45) is 10.1 Å². The molecule has 0 saturated carbocycles. The Balaban J connectivity index is 1.38. The van der Waals surface area contributed by atoms with Gasteiger partial charge < -0.3 is 20.3 Å². The summed E-state index contributed by atoms with van der Waals surface area (Å²) < 4.78 is 5.51. The number of rotatable bonds is 6. The molecular weight excluding hydrogens is 420 g/mol. The molecule has 2 aromatic rings. The maximum Gasteiger partial charge on any atom is 0.266 e. The van der Waals surface area contributed by atoms with Crippen molar-refractivity contribution in [3.63, 3.8) is 0 Å². The summed E-state index contributed by atoms with van der Waals surface area (Å²) in [6.07, 6.45) is 3.08. The van der Waals surface area contributed by atoms with Crippen molar-refractivity contribution in [3.05, 3.63) is 41.0 Å². The van der Waals surface area contributed by atoms with Crippen LogP contribution in [0.5, 0.6) is 0 Å². The SMILES string of the molecule is Cc1cccc(/C=N/Nc2nc3c(c(N4CCOCC4)n2)CC(C(=O)NC2CCNC2)=N3)c1. The minimum Gasteiger partial charge on any atom is -0.378 e. The zero-order valence-electron chi connectivity index (χ0n) is 18.7. The number of carbonyl (C=O) groups is 1. The van der Waals surface area contributed by atoms with Gasteiger partial charge in [0.05, 0.1) is 19.4 Å². The van der Waals surface area contributed by atoms with E-state index in [1.54, 1.807) is 6.21 Å². The van der Waals surface area contributed by atoms with Gasteiger partial charge in [-0.25, -0.2) is 10.4 Å². The van der Waals surface area contributed by atoms with Crippen molar-refractivity contribution in [2.45, 2.75) is 25.8 Å². The summed E-state index contributed by atoms with van der Waals surface area (Å²) in [5.74, 6) is 1.52. The second-order valence-electron chi connectivity index (χ2n) is 8.45. The van der Waals surface area contributed by atoms with Crippen LogP contribution in [0.25, 0.3) is 0 Å². The average Bonchev–Trinajstić information content (AvgIpc) is 3.49. The van der Waals surface area contributed by atoms with Gasteiger partial charge in [0, 0.05) is 37.7 Å². The van der Waals surface area contributed by atoms with Crippen LogP contribution < -0.4 is 21.0 Å². The minimum absolute atomic E-state index is 0.137. The molecule has 1 amide bonds. The van der Waals surface area contributed by atoms with Crippen LogP contribution in [0.4, 0.5) is 17.6 Å². The molecule has 172 valence electrons. The number of morpholine rings is 1. The monoisotopic (exact) mass is 448 g/mol. The Bertz CT molecular complexity index is 1090. The number of carbonyl (C=O) groups excluding carboxylic acids is 1. The Morgan fingerprint density at radius 2 is 2.18 bits per heavy atom. The van der Waals surface area contributed by atoms with Gasteiger partial charge in [0.25, 0.3) is 5.91 Å². The molecular formula is C23H28N8O2. The number of amides is 1. The van der Waals surface area contributed by atoms with Crippen molar-refractivity contribution < 1.29 is 9.53 Å². The molecule has 1 aromatic heterocycles. The van der Waals surface area contributed by atoms with Gasteiger partial charge in [-0.1, -0.05) is 29.8 Å². The third-order valence-corrected chi connectivity index (χ3v) is 5.94. The van der Waals surface area contributed by atoms with Gasteiger partial charge in [0.1, 0.15) is 11.5 Å². The number of nitrogens with one attached hydrogen (secondary N) is 3. The highest BCUT2D eigenvalue weighted by molar-refractivity contribution is 6.41. The van der Waals surface area contributed by atoms with Crippen LogP contribution >= 0.6 is 0 Å². The molecule has 33 heavy (non-hydrogen) atoms. The molecule has 0 aliphatic carbocycles. The lowest BCUT2D eigenvalue weighted by Gasteiger charge is -2.29. The van der Waals surface area contributed by atoms with Crippen LogP contribution in [0.15, 0.2) is 34.4 Å². The lowest BCUT2D eigenvalue weighted by atomic mass is 10.1. The first-order valence-electron chi connectivity index (χ1n) is 11.3. The summed E-state index contributed by atoms with van der Waals surface area (Å²) in [5.41, 5.74) is 6.43. The van der Waals surface area contributed by atoms with E-state index in [9.17, 15) is 4.79 Å². The van der Waals surface area contributed by atoms with Crippen molar-refractivity contribution >= 4 is 35.4 Å². The Hall–Kier alpha value is -3.37. The maximum atomic E-state index is 12.8. The van der Waals surface area contributed by atoms with E-state index >= 15 is 0 Å². The lowest BCUT2D eigenvalue weighted by molar-refractivity contribution is -0.115. The van der Waals surface area contributed by atoms with Crippen LogP contribution in [0.2, 0.25) is 0 Å². The predicted molar refractivity (Wildman–Crippen MR) is 128 cm³/mol. The van der Waals surface area contributed by atoms with Gasteiger partial charge in [-0.3, -0.25) is 4.79 Å². The number of aromatic nitrogens is 2. The largest absolute Gasteiger partial charge is 0.378 e. The number of ether oxygens (including phenoxy) is 1. The van der Waals surface area contributed by atoms with Gasteiger partial charge in [-0.2, -0.15) is 15.1 Å². The van der Waals surface area contributed by atoms with Crippen molar-refractivity contribution in [1.29, 1.82) is 0 Å². The molecule has 4 heterocycles. The summed E-state index contributed by atoms with van der Waals surface area (Å²) >= 11 is 0. The lowest BCUT2D eigenvalue weighted by Crippen LogP contribution is -2.40. The number of hydrogen-bond acceptors (Lipinski definition) is 9. The highest BCUT2D eigenvalue weighted by Crippen LogP contribution is 2.33. The predicted octanol–water partition coefficient (Wildman–Crippen LogP) is 1.17.